The number of rotatable bonds is 4. The fraction of sp³-hybridized carbons (Fsp3) is 0.500. The van der Waals surface area contributed by atoms with Gasteiger partial charge in [0.15, 0.2) is 0 Å². The highest BCUT2D eigenvalue weighted by Crippen LogP contribution is 2.22. The molecule has 0 radical (unpaired) electrons. The molecule has 0 aliphatic rings. The van der Waals surface area contributed by atoms with Crippen molar-refractivity contribution in [2.75, 3.05) is 6.54 Å². The SMILES string of the molecule is Cc1cc(Cl)c(C)c(CCCCN)c1. The Balaban J connectivity index is 2.75. The van der Waals surface area contributed by atoms with E-state index in [4.69, 9.17) is 17.3 Å². The molecule has 1 nitrogen and oxygen atoms in total. The van der Waals surface area contributed by atoms with E-state index >= 15 is 0 Å². The van der Waals surface area contributed by atoms with Crippen LogP contribution in [0.4, 0.5) is 0 Å². The molecule has 0 saturated heterocycles. The van der Waals surface area contributed by atoms with Crippen LogP contribution in [0.25, 0.3) is 0 Å². The summed E-state index contributed by atoms with van der Waals surface area (Å²) < 4.78 is 0. The second kappa shape index (κ2) is 5.38. The van der Waals surface area contributed by atoms with Gasteiger partial charge < -0.3 is 5.73 Å². The van der Waals surface area contributed by atoms with Crippen molar-refractivity contribution in [1.29, 1.82) is 0 Å². The van der Waals surface area contributed by atoms with Crippen molar-refractivity contribution < 1.29 is 0 Å². The molecule has 1 aromatic carbocycles. The summed E-state index contributed by atoms with van der Waals surface area (Å²) in [6.07, 6.45) is 3.33. The van der Waals surface area contributed by atoms with Crippen molar-refractivity contribution in [3.63, 3.8) is 0 Å². The highest BCUT2D eigenvalue weighted by molar-refractivity contribution is 6.31. The lowest BCUT2D eigenvalue weighted by atomic mass is 10.0. The lowest BCUT2D eigenvalue weighted by Gasteiger charge is -2.08. The van der Waals surface area contributed by atoms with Crippen LogP contribution in [0.15, 0.2) is 12.1 Å². The molecule has 78 valence electrons. The molecule has 14 heavy (non-hydrogen) atoms. The predicted molar refractivity (Wildman–Crippen MR) is 62.9 cm³/mol. The first-order valence-electron chi connectivity index (χ1n) is 5.11. The summed E-state index contributed by atoms with van der Waals surface area (Å²) in [6, 6.07) is 4.24. The molecule has 0 saturated carbocycles. The monoisotopic (exact) mass is 211 g/mol. The van der Waals surface area contributed by atoms with E-state index in [-0.39, 0.29) is 0 Å². The molecule has 0 fully saturated rings. The molecular weight excluding hydrogens is 194 g/mol. The Hall–Kier alpha value is -0.530. The van der Waals surface area contributed by atoms with Gasteiger partial charge in [-0.15, -0.1) is 0 Å². The predicted octanol–water partition coefficient (Wildman–Crippen LogP) is 3.24. The van der Waals surface area contributed by atoms with Gasteiger partial charge in [0.05, 0.1) is 0 Å². The maximum Gasteiger partial charge on any atom is 0.0440 e. The van der Waals surface area contributed by atoms with E-state index in [0.29, 0.717) is 0 Å². The van der Waals surface area contributed by atoms with Crippen LogP contribution in [0, 0.1) is 13.8 Å². The van der Waals surface area contributed by atoms with Gasteiger partial charge in [0, 0.05) is 5.02 Å². The van der Waals surface area contributed by atoms with Crippen LogP contribution in [0.2, 0.25) is 5.02 Å². The molecule has 0 aromatic heterocycles. The Labute approximate surface area is 91.3 Å². The average molecular weight is 212 g/mol. The summed E-state index contributed by atoms with van der Waals surface area (Å²) in [7, 11) is 0. The molecule has 0 heterocycles. The van der Waals surface area contributed by atoms with Gasteiger partial charge in [0.1, 0.15) is 0 Å². The third kappa shape index (κ3) is 3.00. The minimum atomic E-state index is 0.776. The fourth-order valence-corrected chi connectivity index (χ4v) is 1.90. The minimum absolute atomic E-state index is 0.776. The van der Waals surface area contributed by atoms with Gasteiger partial charge in [-0.3, -0.25) is 0 Å². The van der Waals surface area contributed by atoms with Gasteiger partial charge in [-0.05, 0) is 62.4 Å². The number of aryl methyl sites for hydroxylation is 2. The van der Waals surface area contributed by atoms with Crippen LogP contribution >= 0.6 is 11.6 Å². The van der Waals surface area contributed by atoms with Crippen LogP contribution in [-0.2, 0) is 6.42 Å². The zero-order chi connectivity index (χ0) is 10.6. The van der Waals surface area contributed by atoms with Crippen LogP contribution < -0.4 is 5.73 Å². The standard InChI is InChI=1S/C12H18ClN/c1-9-7-11(5-3-4-6-14)10(2)12(13)8-9/h7-8H,3-6,14H2,1-2H3. The zero-order valence-electron chi connectivity index (χ0n) is 8.94. The van der Waals surface area contributed by atoms with Gasteiger partial charge in [-0.2, -0.15) is 0 Å². The molecular formula is C12H18ClN. The van der Waals surface area contributed by atoms with E-state index in [9.17, 15) is 0 Å². The molecule has 1 rings (SSSR count). The van der Waals surface area contributed by atoms with E-state index in [0.717, 1.165) is 30.8 Å². The Morgan fingerprint density at radius 2 is 1.93 bits per heavy atom. The van der Waals surface area contributed by atoms with Crippen LogP contribution in [-0.4, -0.2) is 6.54 Å². The van der Waals surface area contributed by atoms with E-state index < -0.39 is 0 Å². The largest absolute Gasteiger partial charge is 0.330 e. The third-order valence-electron chi connectivity index (χ3n) is 2.50. The van der Waals surface area contributed by atoms with Gasteiger partial charge in [0.2, 0.25) is 0 Å². The quantitative estimate of drug-likeness (QED) is 0.761. The molecule has 2 N–H and O–H groups in total. The second-order valence-electron chi connectivity index (χ2n) is 3.78. The number of hydrogen-bond acceptors (Lipinski definition) is 1. The highest BCUT2D eigenvalue weighted by atomic mass is 35.5. The van der Waals surface area contributed by atoms with E-state index in [1.54, 1.807) is 0 Å². The van der Waals surface area contributed by atoms with E-state index in [1.165, 1.54) is 16.7 Å². The van der Waals surface area contributed by atoms with Crippen molar-refractivity contribution in [2.45, 2.75) is 33.1 Å². The van der Waals surface area contributed by atoms with Crippen molar-refractivity contribution >= 4 is 11.6 Å². The van der Waals surface area contributed by atoms with Gasteiger partial charge in [0.25, 0.3) is 0 Å². The Morgan fingerprint density at radius 1 is 1.21 bits per heavy atom. The fourth-order valence-electron chi connectivity index (χ4n) is 1.61. The minimum Gasteiger partial charge on any atom is -0.330 e. The number of halogens is 1. The van der Waals surface area contributed by atoms with Crippen molar-refractivity contribution in [3.05, 3.63) is 33.8 Å². The number of nitrogens with two attached hydrogens (primary N) is 1. The lowest BCUT2D eigenvalue weighted by molar-refractivity contribution is 0.742. The number of benzene rings is 1. The van der Waals surface area contributed by atoms with E-state index in [1.807, 2.05) is 6.07 Å². The molecule has 0 aliphatic carbocycles. The molecule has 0 unspecified atom stereocenters. The molecule has 1 aromatic rings. The van der Waals surface area contributed by atoms with Crippen LogP contribution in [0.3, 0.4) is 0 Å². The summed E-state index contributed by atoms with van der Waals surface area (Å²) in [6.45, 7) is 4.94. The molecule has 0 aliphatic heterocycles. The smallest absolute Gasteiger partial charge is 0.0440 e. The molecule has 0 bridgehead atoms. The highest BCUT2D eigenvalue weighted by Gasteiger charge is 2.03. The molecule has 2 heteroatoms. The Bertz CT molecular complexity index is 307. The average Bonchev–Trinajstić information content (AvgIpc) is 2.13. The maximum absolute atomic E-state index is 6.11. The summed E-state index contributed by atoms with van der Waals surface area (Å²) >= 11 is 6.11. The van der Waals surface area contributed by atoms with Crippen molar-refractivity contribution in [1.82, 2.24) is 0 Å². The van der Waals surface area contributed by atoms with E-state index in [2.05, 4.69) is 19.9 Å². The summed E-state index contributed by atoms with van der Waals surface area (Å²) in [5.74, 6) is 0. The third-order valence-corrected chi connectivity index (χ3v) is 2.89. The topological polar surface area (TPSA) is 26.0 Å². The first-order chi connectivity index (χ1) is 6.65. The van der Waals surface area contributed by atoms with Crippen LogP contribution in [0.1, 0.15) is 29.5 Å². The van der Waals surface area contributed by atoms with Crippen molar-refractivity contribution in [3.8, 4) is 0 Å². The number of hydrogen-bond donors (Lipinski definition) is 1. The summed E-state index contributed by atoms with van der Waals surface area (Å²) in [5.41, 5.74) is 9.28. The maximum atomic E-state index is 6.11. The summed E-state index contributed by atoms with van der Waals surface area (Å²) in [4.78, 5) is 0. The molecule has 0 amide bonds. The molecule has 0 atom stereocenters. The molecule has 0 spiro atoms. The summed E-state index contributed by atoms with van der Waals surface area (Å²) in [5, 5.41) is 0.882. The second-order valence-corrected chi connectivity index (χ2v) is 4.18. The Kier molecular flexibility index (Phi) is 4.43. The number of unbranched alkanes of at least 4 members (excludes halogenated alkanes) is 1. The normalized spacial score (nSPS) is 10.6. The first-order valence-corrected chi connectivity index (χ1v) is 5.48. The lowest BCUT2D eigenvalue weighted by Crippen LogP contribution is -2.00. The van der Waals surface area contributed by atoms with Crippen LogP contribution in [0.5, 0.6) is 0 Å². The van der Waals surface area contributed by atoms with Crippen molar-refractivity contribution in [2.24, 2.45) is 5.73 Å². The van der Waals surface area contributed by atoms with Gasteiger partial charge in [-0.25, -0.2) is 0 Å². The van der Waals surface area contributed by atoms with Gasteiger partial charge in [-0.1, -0.05) is 17.7 Å². The Morgan fingerprint density at radius 3 is 2.57 bits per heavy atom. The van der Waals surface area contributed by atoms with Gasteiger partial charge >= 0.3 is 0 Å². The first kappa shape index (κ1) is 11.5. The zero-order valence-corrected chi connectivity index (χ0v) is 9.69.